The molecule has 5 nitrogen and oxygen atoms in total. The van der Waals surface area contributed by atoms with Gasteiger partial charge in [-0.1, -0.05) is 30.3 Å². The lowest BCUT2D eigenvalue weighted by atomic mass is 10.2. The third kappa shape index (κ3) is 3.17. The molecule has 1 aliphatic rings. The Morgan fingerprint density at radius 3 is 3.00 bits per heavy atom. The molecule has 0 saturated heterocycles. The van der Waals surface area contributed by atoms with Gasteiger partial charge in [0.25, 0.3) is 0 Å². The van der Waals surface area contributed by atoms with E-state index in [1.165, 1.54) is 0 Å². The summed E-state index contributed by atoms with van der Waals surface area (Å²) in [4.78, 5) is 4.36. The fourth-order valence-electron chi connectivity index (χ4n) is 2.01. The van der Waals surface area contributed by atoms with Gasteiger partial charge in [0.1, 0.15) is 5.75 Å². The van der Waals surface area contributed by atoms with Crippen molar-refractivity contribution in [2.75, 3.05) is 6.54 Å². The smallest absolute Gasteiger partial charge is 0.229 e. The molecule has 2 aromatic rings. The highest BCUT2D eigenvalue weighted by molar-refractivity contribution is 5.33. The molecule has 1 aliphatic carbocycles. The number of hydrogen-bond acceptors (Lipinski definition) is 5. The summed E-state index contributed by atoms with van der Waals surface area (Å²) in [5, 5.41) is 7.26. The van der Waals surface area contributed by atoms with Crippen LogP contribution in [0.2, 0.25) is 0 Å². The van der Waals surface area contributed by atoms with Crippen LogP contribution in [0.1, 0.15) is 43.0 Å². The number of para-hydroxylation sites is 1. The van der Waals surface area contributed by atoms with Crippen LogP contribution in [-0.4, -0.2) is 16.7 Å². The van der Waals surface area contributed by atoms with Crippen molar-refractivity contribution >= 4 is 0 Å². The Bertz CT molecular complexity index is 564. The molecule has 1 aromatic heterocycles. The van der Waals surface area contributed by atoms with E-state index in [-0.39, 0.29) is 0 Å². The number of benzene rings is 1. The van der Waals surface area contributed by atoms with Crippen LogP contribution in [0.3, 0.4) is 0 Å². The quantitative estimate of drug-likeness (QED) is 0.840. The maximum Gasteiger partial charge on any atom is 0.229 e. The molecule has 0 aliphatic heterocycles. The van der Waals surface area contributed by atoms with Crippen molar-refractivity contribution in [1.82, 2.24) is 15.5 Å². The van der Waals surface area contributed by atoms with Crippen LogP contribution < -0.4 is 10.1 Å². The van der Waals surface area contributed by atoms with Crippen LogP contribution >= 0.6 is 0 Å². The third-order valence-electron chi connectivity index (χ3n) is 3.31. The second kappa shape index (κ2) is 6.05. The highest BCUT2D eigenvalue weighted by Crippen LogP contribution is 2.38. The van der Waals surface area contributed by atoms with Crippen molar-refractivity contribution in [3.8, 4) is 5.75 Å². The normalized spacial score (nSPS) is 14.4. The van der Waals surface area contributed by atoms with Crippen molar-refractivity contribution in [3.05, 3.63) is 41.5 Å². The highest BCUT2D eigenvalue weighted by Gasteiger charge is 2.29. The van der Waals surface area contributed by atoms with Crippen LogP contribution in [-0.2, 0) is 13.2 Å². The van der Waals surface area contributed by atoms with Crippen LogP contribution in [0.15, 0.2) is 28.8 Å². The topological polar surface area (TPSA) is 60.2 Å². The van der Waals surface area contributed by atoms with Gasteiger partial charge in [-0.15, -0.1) is 0 Å². The first-order chi connectivity index (χ1) is 9.86. The second-order valence-corrected chi connectivity index (χ2v) is 5.00. The largest absolute Gasteiger partial charge is 0.485 e. The SMILES string of the molecule is CCNCc1ccccc1OCc1noc(C2CC2)n1. The molecule has 0 amide bonds. The number of aromatic nitrogens is 2. The zero-order valence-corrected chi connectivity index (χ0v) is 11.6. The van der Waals surface area contributed by atoms with E-state index in [1.54, 1.807) is 0 Å². The van der Waals surface area contributed by atoms with Gasteiger partial charge in [-0.3, -0.25) is 0 Å². The van der Waals surface area contributed by atoms with E-state index in [9.17, 15) is 0 Å². The van der Waals surface area contributed by atoms with E-state index in [4.69, 9.17) is 9.26 Å². The molecular formula is C15H19N3O2. The van der Waals surface area contributed by atoms with Crippen LogP contribution in [0.5, 0.6) is 5.75 Å². The average molecular weight is 273 g/mol. The van der Waals surface area contributed by atoms with E-state index in [0.29, 0.717) is 18.3 Å². The Hall–Kier alpha value is -1.88. The Kier molecular flexibility index (Phi) is 3.97. The van der Waals surface area contributed by atoms with Crippen LogP contribution in [0, 0.1) is 0 Å². The summed E-state index contributed by atoms with van der Waals surface area (Å²) in [6, 6.07) is 8.01. The zero-order chi connectivity index (χ0) is 13.8. The Morgan fingerprint density at radius 2 is 2.20 bits per heavy atom. The fraction of sp³-hybridized carbons (Fsp3) is 0.467. The molecule has 1 aromatic carbocycles. The number of nitrogens with one attached hydrogen (secondary N) is 1. The molecule has 1 fully saturated rings. The summed E-state index contributed by atoms with van der Waals surface area (Å²) in [6.07, 6.45) is 2.32. The number of ether oxygens (including phenoxy) is 1. The molecule has 0 atom stereocenters. The predicted molar refractivity (Wildman–Crippen MR) is 74.4 cm³/mol. The standard InChI is InChI=1S/C15H19N3O2/c1-2-16-9-12-5-3-4-6-13(12)19-10-14-17-15(20-18-14)11-7-8-11/h3-6,11,16H,2,7-10H2,1H3. The minimum absolute atomic E-state index is 0.347. The second-order valence-electron chi connectivity index (χ2n) is 5.00. The van der Waals surface area contributed by atoms with E-state index in [1.807, 2.05) is 18.2 Å². The molecule has 20 heavy (non-hydrogen) atoms. The molecule has 3 rings (SSSR count). The number of nitrogens with zero attached hydrogens (tertiary/aromatic N) is 2. The molecule has 1 saturated carbocycles. The van der Waals surface area contributed by atoms with Gasteiger partial charge in [-0.25, -0.2) is 0 Å². The Balaban J connectivity index is 1.61. The zero-order valence-electron chi connectivity index (χ0n) is 11.6. The summed E-state index contributed by atoms with van der Waals surface area (Å²) in [5.74, 6) is 2.72. The third-order valence-corrected chi connectivity index (χ3v) is 3.31. The van der Waals surface area contributed by atoms with Crippen molar-refractivity contribution in [2.24, 2.45) is 0 Å². The van der Waals surface area contributed by atoms with E-state index < -0.39 is 0 Å². The predicted octanol–water partition coefficient (Wildman–Crippen LogP) is 2.64. The molecule has 106 valence electrons. The molecule has 0 unspecified atom stereocenters. The lowest BCUT2D eigenvalue weighted by Crippen LogP contribution is -2.12. The van der Waals surface area contributed by atoms with Gasteiger partial charge < -0.3 is 14.6 Å². The van der Waals surface area contributed by atoms with Crippen LogP contribution in [0.4, 0.5) is 0 Å². The number of hydrogen-bond donors (Lipinski definition) is 1. The van der Waals surface area contributed by atoms with Gasteiger partial charge in [-0.05, 0) is 25.5 Å². The van der Waals surface area contributed by atoms with Gasteiger partial charge in [0.2, 0.25) is 11.7 Å². The van der Waals surface area contributed by atoms with Crippen molar-refractivity contribution < 1.29 is 9.26 Å². The molecule has 5 heteroatoms. The monoisotopic (exact) mass is 273 g/mol. The van der Waals surface area contributed by atoms with Gasteiger partial charge in [0, 0.05) is 18.0 Å². The van der Waals surface area contributed by atoms with Crippen LogP contribution in [0.25, 0.3) is 0 Å². The van der Waals surface area contributed by atoms with Gasteiger partial charge >= 0.3 is 0 Å². The molecule has 0 bridgehead atoms. The van der Waals surface area contributed by atoms with E-state index in [2.05, 4.69) is 28.4 Å². The molecule has 1 N–H and O–H groups in total. The first kappa shape index (κ1) is 13.1. The van der Waals surface area contributed by atoms with Crippen molar-refractivity contribution in [1.29, 1.82) is 0 Å². The lowest BCUT2D eigenvalue weighted by molar-refractivity contribution is 0.282. The maximum absolute atomic E-state index is 5.81. The average Bonchev–Trinajstić information content (AvgIpc) is 3.23. The van der Waals surface area contributed by atoms with Gasteiger partial charge in [-0.2, -0.15) is 4.98 Å². The molecule has 0 radical (unpaired) electrons. The van der Waals surface area contributed by atoms with Gasteiger partial charge in [0.15, 0.2) is 6.61 Å². The van der Waals surface area contributed by atoms with Gasteiger partial charge in [0.05, 0.1) is 0 Å². The minimum atomic E-state index is 0.347. The lowest BCUT2D eigenvalue weighted by Gasteiger charge is -2.10. The summed E-state index contributed by atoms with van der Waals surface area (Å²) in [7, 11) is 0. The summed E-state index contributed by atoms with van der Waals surface area (Å²) in [5.41, 5.74) is 1.14. The van der Waals surface area contributed by atoms with E-state index >= 15 is 0 Å². The Morgan fingerprint density at radius 1 is 1.35 bits per heavy atom. The molecular weight excluding hydrogens is 254 g/mol. The highest BCUT2D eigenvalue weighted by atomic mass is 16.5. The maximum atomic E-state index is 5.81. The Labute approximate surface area is 118 Å². The summed E-state index contributed by atoms with van der Waals surface area (Å²) < 4.78 is 11.0. The van der Waals surface area contributed by atoms with E-state index in [0.717, 1.165) is 43.1 Å². The van der Waals surface area contributed by atoms with Crippen molar-refractivity contribution in [3.63, 3.8) is 0 Å². The summed E-state index contributed by atoms with van der Waals surface area (Å²) in [6.45, 7) is 4.16. The number of rotatable bonds is 7. The first-order valence-electron chi connectivity index (χ1n) is 7.10. The minimum Gasteiger partial charge on any atom is -0.485 e. The molecule has 1 heterocycles. The fourth-order valence-corrected chi connectivity index (χ4v) is 2.01. The first-order valence-corrected chi connectivity index (χ1v) is 7.10. The van der Waals surface area contributed by atoms with Crippen molar-refractivity contribution in [2.45, 2.75) is 38.8 Å². The molecule has 0 spiro atoms. The summed E-state index contributed by atoms with van der Waals surface area (Å²) >= 11 is 0.